The third-order valence-electron chi connectivity index (χ3n) is 4.58. The third kappa shape index (κ3) is 4.04. The highest BCUT2D eigenvalue weighted by atomic mass is 32.2. The molecule has 28 heavy (non-hydrogen) atoms. The second-order valence-electron chi connectivity index (χ2n) is 6.91. The Labute approximate surface area is 165 Å². The highest BCUT2D eigenvalue weighted by Crippen LogP contribution is 2.31. The van der Waals surface area contributed by atoms with Crippen LogP contribution in [-0.4, -0.2) is 20.1 Å². The summed E-state index contributed by atoms with van der Waals surface area (Å²) in [5.41, 5.74) is 4.58. The summed E-state index contributed by atoms with van der Waals surface area (Å²) in [5, 5.41) is 3.77. The van der Waals surface area contributed by atoms with Crippen LogP contribution in [0, 0.1) is 20.8 Å². The zero-order valence-electron chi connectivity index (χ0n) is 16.4. The number of rotatable bonds is 6. The fraction of sp³-hybridized carbons (Fsp3) is 0.286. The maximum absolute atomic E-state index is 12.7. The molecule has 1 aromatic heterocycles. The van der Waals surface area contributed by atoms with Crippen LogP contribution >= 0.6 is 0 Å². The molecule has 0 atom stereocenters. The summed E-state index contributed by atoms with van der Waals surface area (Å²) in [4.78, 5) is 12.7. The van der Waals surface area contributed by atoms with E-state index in [1.807, 2.05) is 32.9 Å². The van der Waals surface area contributed by atoms with Crippen LogP contribution in [0.15, 0.2) is 40.8 Å². The number of fused-ring (bicyclic) bond motifs is 1. The number of anilines is 2. The topological polar surface area (TPSA) is 88.4 Å². The van der Waals surface area contributed by atoms with E-state index in [4.69, 9.17) is 4.42 Å². The molecule has 0 aliphatic rings. The summed E-state index contributed by atoms with van der Waals surface area (Å²) in [6.45, 7) is 7.62. The predicted molar refractivity (Wildman–Crippen MR) is 113 cm³/mol. The standard InChI is InChI=1S/C21H24N2O4S/c1-5-12-28(25,26)23-17-10-8-16(9-11-17)22-21(24)20-15(4)18-13(2)6-7-14(3)19(18)27-20/h6-11,23H,5,12H2,1-4H3,(H,22,24). The molecule has 0 saturated carbocycles. The molecule has 148 valence electrons. The van der Waals surface area contributed by atoms with Gasteiger partial charge < -0.3 is 9.73 Å². The minimum absolute atomic E-state index is 0.0651. The zero-order valence-corrected chi connectivity index (χ0v) is 17.2. The van der Waals surface area contributed by atoms with Gasteiger partial charge in [0.2, 0.25) is 10.0 Å². The third-order valence-corrected chi connectivity index (χ3v) is 6.07. The molecule has 0 radical (unpaired) electrons. The van der Waals surface area contributed by atoms with Gasteiger partial charge in [-0.05, 0) is 62.6 Å². The lowest BCUT2D eigenvalue weighted by Gasteiger charge is -2.08. The molecule has 0 fully saturated rings. The SMILES string of the molecule is CCCS(=O)(=O)Nc1ccc(NC(=O)c2oc3c(C)ccc(C)c3c2C)cc1. The average Bonchev–Trinajstić information content (AvgIpc) is 2.98. The average molecular weight is 401 g/mol. The minimum Gasteiger partial charge on any atom is -0.450 e. The summed E-state index contributed by atoms with van der Waals surface area (Å²) in [6, 6.07) is 10.5. The molecule has 2 N–H and O–H groups in total. The molecule has 1 amide bonds. The number of aryl methyl sites for hydroxylation is 3. The Morgan fingerprint density at radius 2 is 1.57 bits per heavy atom. The molecule has 0 saturated heterocycles. The van der Waals surface area contributed by atoms with Gasteiger partial charge in [-0.25, -0.2) is 8.42 Å². The van der Waals surface area contributed by atoms with E-state index in [1.54, 1.807) is 31.2 Å². The second kappa shape index (κ2) is 7.67. The Balaban J connectivity index is 1.80. The number of amides is 1. The molecule has 1 heterocycles. The Bertz CT molecular complexity index is 1130. The van der Waals surface area contributed by atoms with Gasteiger partial charge in [0.05, 0.1) is 5.75 Å². The first-order valence-corrected chi connectivity index (χ1v) is 10.8. The molecule has 6 nitrogen and oxygen atoms in total. The Morgan fingerprint density at radius 1 is 0.964 bits per heavy atom. The van der Waals surface area contributed by atoms with Gasteiger partial charge in [-0.2, -0.15) is 0 Å². The molecular formula is C21H24N2O4S. The molecule has 0 unspecified atom stereocenters. The highest BCUT2D eigenvalue weighted by Gasteiger charge is 2.20. The molecule has 0 bridgehead atoms. The van der Waals surface area contributed by atoms with E-state index >= 15 is 0 Å². The quantitative estimate of drug-likeness (QED) is 0.624. The van der Waals surface area contributed by atoms with Crippen molar-refractivity contribution in [1.29, 1.82) is 0 Å². The van der Waals surface area contributed by atoms with Crippen molar-refractivity contribution >= 4 is 38.3 Å². The molecule has 0 spiro atoms. The van der Waals surface area contributed by atoms with E-state index in [2.05, 4.69) is 10.0 Å². The van der Waals surface area contributed by atoms with Crippen molar-refractivity contribution in [2.24, 2.45) is 0 Å². The molecule has 0 aliphatic carbocycles. The van der Waals surface area contributed by atoms with E-state index in [1.165, 1.54) is 0 Å². The fourth-order valence-corrected chi connectivity index (χ4v) is 4.34. The molecule has 3 aromatic rings. The monoisotopic (exact) mass is 400 g/mol. The highest BCUT2D eigenvalue weighted by molar-refractivity contribution is 7.92. The van der Waals surface area contributed by atoms with E-state index in [9.17, 15) is 13.2 Å². The van der Waals surface area contributed by atoms with Gasteiger partial charge >= 0.3 is 0 Å². The van der Waals surface area contributed by atoms with Gasteiger partial charge in [-0.1, -0.05) is 19.1 Å². The smallest absolute Gasteiger partial charge is 0.291 e. The first-order chi connectivity index (χ1) is 13.2. The number of nitrogens with one attached hydrogen (secondary N) is 2. The Morgan fingerprint density at radius 3 is 2.18 bits per heavy atom. The van der Waals surface area contributed by atoms with Gasteiger partial charge in [-0.15, -0.1) is 0 Å². The van der Waals surface area contributed by atoms with Gasteiger partial charge in [0.25, 0.3) is 5.91 Å². The van der Waals surface area contributed by atoms with Crippen LogP contribution < -0.4 is 10.0 Å². The van der Waals surface area contributed by atoms with E-state index in [0.29, 0.717) is 17.8 Å². The Hall–Kier alpha value is -2.80. The van der Waals surface area contributed by atoms with Crippen molar-refractivity contribution in [2.75, 3.05) is 15.8 Å². The van der Waals surface area contributed by atoms with Crippen LogP contribution in [0.4, 0.5) is 11.4 Å². The summed E-state index contributed by atoms with van der Waals surface area (Å²) in [7, 11) is -3.34. The first kappa shape index (κ1) is 19.9. The minimum atomic E-state index is -3.34. The summed E-state index contributed by atoms with van der Waals surface area (Å²) in [6.07, 6.45) is 0.541. The Kier molecular flexibility index (Phi) is 5.47. The predicted octanol–water partition coefficient (Wildman–Crippen LogP) is 4.76. The number of hydrogen-bond acceptors (Lipinski definition) is 4. The molecule has 2 aromatic carbocycles. The van der Waals surface area contributed by atoms with Crippen molar-refractivity contribution in [3.05, 3.63) is 58.8 Å². The van der Waals surface area contributed by atoms with Crippen molar-refractivity contribution < 1.29 is 17.6 Å². The molecule has 0 aliphatic heterocycles. The van der Waals surface area contributed by atoms with Gasteiger partial charge in [0, 0.05) is 22.3 Å². The number of hydrogen-bond donors (Lipinski definition) is 2. The lowest BCUT2D eigenvalue weighted by molar-refractivity contribution is 0.0998. The van der Waals surface area contributed by atoms with Crippen molar-refractivity contribution in [3.63, 3.8) is 0 Å². The van der Waals surface area contributed by atoms with Crippen LogP contribution in [0.25, 0.3) is 11.0 Å². The van der Waals surface area contributed by atoms with Crippen molar-refractivity contribution in [3.8, 4) is 0 Å². The number of furan rings is 1. The lowest BCUT2D eigenvalue weighted by atomic mass is 10.0. The van der Waals surface area contributed by atoms with Crippen LogP contribution in [0.5, 0.6) is 0 Å². The lowest BCUT2D eigenvalue weighted by Crippen LogP contribution is -2.16. The van der Waals surface area contributed by atoms with E-state index in [0.717, 1.165) is 27.7 Å². The maximum Gasteiger partial charge on any atom is 0.291 e. The summed E-state index contributed by atoms with van der Waals surface area (Å²) < 4.78 is 32.0. The van der Waals surface area contributed by atoms with Crippen LogP contribution in [0.2, 0.25) is 0 Å². The van der Waals surface area contributed by atoms with Gasteiger partial charge in [0.15, 0.2) is 5.76 Å². The summed E-state index contributed by atoms with van der Waals surface area (Å²) in [5.74, 6) is 0.00211. The fourth-order valence-electron chi connectivity index (χ4n) is 3.20. The second-order valence-corrected chi connectivity index (χ2v) is 8.75. The molecular weight excluding hydrogens is 376 g/mol. The van der Waals surface area contributed by atoms with E-state index in [-0.39, 0.29) is 17.4 Å². The number of sulfonamides is 1. The first-order valence-electron chi connectivity index (χ1n) is 9.13. The van der Waals surface area contributed by atoms with Gasteiger partial charge in [-0.3, -0.25) is 9.52 Å². The number of benzene rings is 2. The number of carbonyl (C=O) groups is 1. The molecule has 7 heteroatoms. The van der Waals surface area contributed by atoms with E-state index < -0.39 is 10.0 Å². The van der Waals surface area contributed by atoms with Crippen molar-refractivity contribution in [2.45, 2.75) is 34.1 Å². The largest absolute Gasteiger partial charge is 0.450 e. The zero-order chi connectivity index (χ0) is 20.5. The van der Waals surface area contributed by atoms with Gasteiger partial charge in [0.1, 0.15) is 5.58 Å². The van der Waals surface area contributed by atoms with Crippen LogP contribution in [0.1, 0.15) is 40.6 Å². The number of carbonyl (C=O) groups excluding carboxylic acids is 1. The summed E-state index contributed by atoms with van der Waals surface area (Å²) >= 11 is 0. The normalized spacial score (nSPS) is 11.6. The van der Waals surface area contributed by atoms with Crippen molar-refractivity contribution in [1.82, 2.24) is 0 Å². The molecule has 3 rings (SSSR count). The van der Waals surface area contributed by atoms with Crippen LogP contribution in [0.3, 0.4) is 0 Å². The van der Waals surface area contributed by atoms with Crippen LogP contribution in [-0.2, 0) is 10.0 Å². The maximum atomic E-state index is 12.7.